The molecule has 2 aromatic heterocycles. The lowest BCUT2D eigenvalue weighted by Gasteiger charge is -2.42. The summed E-state index contributed by atoms with van der Waals surface area (Å²) in [4.78, 5) is 37.1. The van der Waals surface area contributed by atoms with Gasteiger partial charge in [0.1, 0.15) is 11.7 Å². The number of carbonyl (C=O) groups is 2. The predicted molar refractivity (Wildman–Crippen MR) is 139 cm³/mol. The first-order valence-corrected chi connectivity index (χ1v) is 12.3. The lowest BCUT2D eigenvalue weighted by atomic mass is 10.0. The molecular weight excluding hydrogens is 486 g/mol. The van der Waals surface area contributed by atoms with E-state index in [0.29, 0.717) is 29.9 Å². The summed E-state index contributed by atoms with van der Waals surface area (Å²) in [6.07, 6.45) is 5.80. The molecule has 2 aliphatic rings. The van der Waals surface area contributed by atoms with Crippen molar-refractivity contribution in [2.24, 2.45) is 5.73 Å². The van der Waals surface area contributed by atoms with Crippen molar-refractivity contribution in [3.8, 4) is 23.1 Å². The average Bonchev–Trinajstić information content (AvgIpc) is 3.46. The highest BCUT2D eigenvalue weighted by Gasteiger charge is 2.44. The summed E-state index contributed by atoms with van der Waals surface area (Å²) in [5.74, 6) is -0.246. The summed E-state index contributed by atoms with van der Waals surface area (Å²) >= 11 is 0. The number of piperazine rings is 1. The summed E-state index contributed by atoms with van der Waals surface area (Å²) in [5, 5.41) is 14.1. The summed E-state index contributed by atoms with van der Waals surface area (Å²) in [5.41, 5.74) is 13.5. The molecule has 0 unspecified atom stereocenters. The molecule has 4 heterocycles. The first kappa shape index (κ1) is 25.0. The molecule has 1 aromatic carbocycles. The topological polar surface area (TPSA) is 169 Å². The third kappa shape index (κ3) is 4.70. The lowest BCUT2D eigenvalue weighted by molar-refractivity contribution is 0.0123. The Kier molecular flexibility index (Phi) is 6.14. The highest BCUT2D eigenvalue weighted by atomic mass is 16.6. The van der Waals surface area contributed by atoms with Crippen LogP contribution in [0.3, 0.4) is 0 Å². The number of nitrogen functional groups attached to an aromatic ring is 1. The fourth-order valence-electron chi connectivity index (χ4n) is 5.04. The molecule has 3 aromatic rings. The van der Waals surface area contributed by atoms with E-state index in [-0.39, 0.29) is 35.4 Å². The van der Waals surface area contributed by atoms with Crippen molar-refractivity contribution in [3.63, 3.8) is 0 Å². The van der Waals surface area contributed by atoms with Gasteiger partial charge >= 0.3 is 6.09 Å². The zero-order valence-corrected chi connectivity index (χ0v) is 21.5. The quantitative estimate of drug-likeness (QED) is 0.530. The number of benzene rings is 1. The normalized spacial score (nSPS) is 18.8. The van der Waals surface area contributed by atoms with Crippen molar-refractivity contribution in [1.82, 2.24) is 24.6 Å². The van der Waals surface area contributed by atoms with Crippen LogP contribution >= 0.6 is 0 Å². The molecule has 2 amide bonds. The fraction of sp³-hybridized carbons (Fsp3) is 0.385. The number of nitrogens with zero attached hydrogens (tertiary/aromatic N) is 7. The minimum absolute atomic E-state index is 0.0275. The number of aromatic nitrogens is 4. The summed E-state index contributed by atoms with van der Waals surface area (Å²) in [6, 6.07) is 7.89. The van der Waals surface area contributed by atoms with Crippen LogP contribution in [0.1, 0.15) is 49.5 Å². The van der Waals surface area contributed by atoms with Crippen molar-refractivity contribution in [1.29, 1.82) is 5.26 Å². The van der Waals surface area contributed by atoms with Gasteiger partial charge in [-0.2, -0.15) is 10.4 Å². The molecule has 12 nitrogen and oxygen atoms in total. The van der Waals surface area contributed by atoms with Gasteiger partial charge in [0.05, 0.1) is 47.0 Å². The maximum absolute atomic E-state index is 12.8. The van der Waals surface area contributed by atoms with Gasteiger partial charge < -0.3 is 21.1 Å². The van der Waals surface area contributed by atoms with Crippen LogP contribution in [-0.4, -0.2) is 67.4 Å². The number of rotatable bonds is 4. The van der Waals surface area contributed by atoms with Crippen LogP contribution in [0.25, 0.3) is 17.1 Å². The molecule has 196 valence electrons. The SMILES string of the molecule is CC(C)(C)OC(=O)N1[C@@H]2CC[C@H]1CN(c1ccc(-c3cnc(N)c(-n4cc(C(N)=O)cn4)n3)cc1C#N)C2. The van der Waals surface area contributed by atoms with Crippen LogP contribution in [0.5, 0.6) is 0 Å². The second kappa shape index (κ2) is 9.33. The number of ether oxygens (including phenoxy) is 1. The zero-order chi connectivity index (χ0) is 27.2. The molecule has 0 radical (unpaired) electrons. The molecule has 38 heavy (non-hydrogen) atoms. The highest BCUT2D eigenvalue weighted by Crippen LogP contribution is 2.36. The summed E-state index contributed by atoms with van der Waals surface area (Å²) in [6.45, 7) is 6.84. The second-order valence-electron chi connectivity index (χ2n) is 10.5. The smallest absolute Gasteiger partial charge is 0.410 e. The molecule has 2 atom stereocenters. The number of amides is 2. The minimum atomic E-state index is -0.617. The lowest BCUT2D eigenvalue weighted by Crippen LogP contribution is -2.57. The molecule has 2 aliphatic heterocycles. The molecule has 2 fully saturated rings. The summed E-state index contributed by atoms with van der Waals surface area (Å²) in [7, 11) is 0. The van der Waals surface area contributed by atoms with E-state index < -0.39 is 11.5 Å². The summed E-state index contributed by atoms with van der Waals surface area (Å²) < 4.78 is 6.98. The van der Waals surface area contributed by atoms with Crippen LogP contribution in [0, 0.1) is 11.3 Å². The van der Waals surface area contributed by atoms with Crippen LogP contribution in [0.15, 0.2) is 36.8 Å². The van der Waals surface area contributed by atoms with E-state index in [4.69, 9.17) is 16.2 Å². The maximum Gasteiger partial charge on any atom is 0.410 e. The molecule has 5 rings (SSSR count). The molecule has 4 N–H and O–H groups in total. The van der Waals surface area contributed by atoms with Gasteiger partial charge in [0, 0.05) is 24.8 Å². The number of carbonyl (C=O) groups excluding carboxylic acids is 2. The molecular formula is C26H29N9O3. The van der Waals surface area contributed by atoms with Gasteiger partial charge in [-0.15, -0.1) is 0 Å². The van der Waals surface area contributed by atoms with E-state index in [1.54, 1.807) is 6.07 Å². The van der Waals surface area contributed by atoms with Gasteiger partial charge in [0.25, 0.3) is 5.91 Å². The van der Waals surface area contributed by atoms with E-state index in [1.165, 1.54) is 23.3 Å². The fourth-order valence-corrected chi connectivity index (χ4v) is 5.04. The molecule has 2 bridgehead atoms. The number of primary amides is 1. The van der Waals surface area contributed by atoms with Crippen molar-refractivity contribution in [3.05, 3.63) is 47.9 Å². The van der Waals surface area contributed by atoms with Crippen LogP contribution in [-0.2, 0) is 4.74 Å². The van der Waals surface area contributed by atoms with Gasteiger partial charge in [-0.05, 0) is 45.7 Å². The van der Waals surface area contributed by atoms with Gasteiger partial charge in [0.2, 0.25) is 0 Å². The number of fused-ring (bicyclic) bond motifs is 2. The molecule has 12 heteroatoms. The van der Waals surface area contributed by atoms with E-state index in [9.17, 15) is 14.9 Å². The van der Waals surface area contributed by atoms with E-state index >= 15 is 0 Å². The Balaban J connectivity index is 1.40. The second-order valence-corrected chi connectivity index (χ2v) is 10.5. The largest absolute Gasteiger partial charge is 0.444 e. The van der Waals surface area contributed by atoms with Gasteiger partial charge in [-0.3, -0.25) is 9.69 Å². The molecule has 0 spiro atoms. The predicted octanol–water partition coefficient (Wildman–Crippen LogP) is 2.47. The number of anilines is 2. The number of hydrogen-bond donors (Lipinski definition) is 2. The van der Waals surface area contributed by atoms with Crippen molar-refractivity contribution in [2.75, 3.05) is 23.7 Å². The third-order valence-electron chi connectivity index (χ3n) is 6.71. The Morgan fingerprint density at radius 1 is 1.16 bits per heavy atom. The van der Waals surface area contributed by atoms with Gasteiger partial charge in [0.15, 0.2) is 11.6 Å². The minimum Gasteiger partial charge on any atom is -0.444 e. The first-order valence-electron chi connectivity index (χ1n) is 12.3. The number of hydrogen-bond acceptors (Lipinski definition) is 9. The van der Waals surface area contributed by atoms with E-state index in [0.717, 1.165) is 18.5 Å². The first-order chi connectivity index (χ1) is 18.0. The van der Waals surface area contributed by atoms with Gasteiger partial charge in [-0.25, -0.2) is 19.4 Å². The molecule has 0 saturated carbocycles. The van der Waals surface area contributed by atoms with Crippen LogP contribution in [0.2, 0.25) is 0 Å². The number of nitrogens with two attached hydrogens (primary N) is 2. The van der Waals surface area contributed by atoms with Crippen molar-refractivity contribution < 1.29 is 14.3 Å². The van der Waals surface area contributed by atoms with E-state index in [2.05, 4.69) is 26.0 Å². The standard InChI is InChI=1S/C26H29N9O3/c1-26(2,3)38-25(37)35-18-5-6-19(35)14-33(13-18)21-7-4-15(8-16(21)9-27)20-11-30-22(28)24(32-20)34-12-17(10-31-34)23(29)36/h4,7-8,10-12,18-19H,5-6,13-14H2,1-3H3,(H2,28,30)(H2,29,36)/t18-,19+. The highest BCUT2D eigenvalue weighted by molar-refractivity contribution is 5.92. The Morgan fingerprint density at radius 2 is 1.87 bits per heavy atom. The van der Waals surface area contributed by atoms with Crippen molar-refractivity contribution >= 4 is 23.5 Å². The Labute approximate surface area is 219 Å². The number of nitriles is 1. The van der Waals surface area contributed by atoms with Crippen LogP contribution < -0.4 is 16.4 Å². The van der Waals surface area contributed by atoms with Crippen molar-refractivity contribution in [2.45, 2.75) is 51.3 Å². The Bertz CT molecular complexity index is 1440. The Morgan fingerprint density at radius 3 is 2.47 bits per heavy atom. The van der Waals surface area contributed by atoms with Crippen LogP contribution in [0.4, 0.5) is 16.3 Å². The Hall–Kier alpha value is -4.66. The molecule has 0 aliphatic carbocycles. The maximum atomic E-state index is 12.8. The molecule has 2 saturated heterocycles. The van der Waals surface area contributed by atoms with Gasteiger partial charge in [-0.1, -0.05) is 6.07 Å². The monoisotopic (exact) mass is 515 g/mol. The van der Waals surface area contributed by atoms with E-state index in [1.807, 2.05) is 37.8 Å². The third-order valence-corrected chi connectivity index (χ3v) is 6.71. The average molecular weight is 516 g/mol. The zero-order valence-electron chi connectivity index (χ0n) is 21.5.